The molecule has 6 heteroatoms. The van der Waals surface area contributed by atoms with Crippen molar-refractivity contribution in [2.45, 2.75) is 0 Å². The number of benzene rings is 1. The lowest BCUT2D eigenvalue weighted by Crippen LogP contribution is -2.00. The Morgan fingerprint density at radius 1 is 1.50 bits per heavy atom. The van der Waals surface area contributed by atoms with Crippen LogP contribution in [0.2, 0.25) is 0 Å². The molecule has 0 amide bonds. The van der Waals surface area contributed by atoms with E-state index in [-0.39, 0.29) is 28.3 Å². The number of hydrogen-bond donors (Lipinski definition) is 2. The van der Waals surface area contributed by atoms with E-state index in [1.165, 1.54) is 6.07 Å². The summed E-state index contributed by atoms with van der Waals surface area (Å²) in [7, 11) is 0. The van der Waals surface area contributed by atoms with Gasteiger partial charge in [-0.15, -0.1) is 0 Å². The Hall–Kier alpha value is -1.43. The number of carboxylic acid groups (broad SMARTS) is 1. The van der Waals surface area contributed by atoms with E-state index in [9.17, 15) is 9.90 Å². The van der Waals surface area contributed by atoms with E-state index in [0.29, 0.717) is 5.75 Å². The van der Waals surface area contributed by atoms with Crippen molar-refractivity contribution in [3.63, 3.8) is 0 Å². The van der Waals surface area contributed by atoms with Crippen LogP contribution in [0.25, 0.3) is 0 Å². The zero-order chi connectivity index (χ0) is 10.3. The molecule has 0 radical (unpaired) electrons. The number of halogens is 1. The molecule has 0 aliphatic carbocycles. The molecule has 0 bridgehead atoms. The molecule has 1 aliphatic heterocycles. The summed E-state index contributed by atoms with van der Waals surface area (Å²) in [6.07, 6.45) is 0. The topological polar surface area (TPSA) is 76.0 Å². The van der Waals surface area contributed by atoms with Crippen molar-refractivity contribution in [3.8, 4) is 17.2 Å². The highest BCUT2D eigenvalue weighted by molar-refractivity contribution is 9.10. The Bertz CT molecular complexity index is 415. The molecule has 1 aromatic carbocycles. The zero-order valence-corrected chi connectivity index (χ0v) is 8.37. The van der Waals surface area contributed by atoms with E-state index in [2.05, 4.69) is 15.9 Å². The molecule has 74 valence electrons. The first kappa shape index (κ1) is 9.14. The maximum atomic E-state index is 10.8. The highest BCUT2D eigenvalue weighted by atomic mass is 79.9. The highest BCUT2D eigenvalue weighted by Crippen LogP contribution is 2.44. The third kappa shape index (κ3) is 1.19. The highest BCUT2D eigenvalue weighted by Gasteiger charge is 2.27. The molecule has 0 fully saturated rings. The second-order valence-corrected chi connectivity index (χ2v) is 3.48. The standard InChI is InChI=1S/C8H5BrO5/c9-3-1-4-7(14-2-13-4)5(6(3)10)8(11)12/h1,10H,2H2,(H,11,12). The molecule has 0 saturated carbocycles. The van der Waals surface area contributed by atoms with E-state index in [1.54, 1.807) is 0 Å². The predicted molar refractivity (Wildman–Crippen MR) is 48.9 cm³/mol. The van der Waals surface area contributed by atoms with Crippen molar-refractivity contribution in [1.82, 2.24) is 0 Å². The first-order chi connectivity index (χ1) is 6.61. The molecule has 0 saturated heterocycles. The Kier molecular flexibility index (Phi) is 1.99. The average molecular weight is 261 g/mol. The third-order valence-electron chi connectivity index (χ3n) is 1.80. The molecule has 5 nitrogen and oxygen atoms in total. The van der Waals surface area contributed by atoms with Crippen molar-refractivity contribution in [2.24, 2.45) is 0 Å². The number of aromatic hydroxyl groups is 1. The summed E-state index contributed by atoms with van der Waals surface area (Å²) in [6, 6.07) is 1.46. The van der Waals surface area contributed by atoms with Crippen LogP contribution in [0.1, 0.15) is 10.4 Å². The number of aromatic carboxylic acids is 1. The van der Waals surface area contributed by atoms with E-state index >= 15 is 0 Å². The van der Waals surface area contributed by atoms with Gasteiger partial charge < -0.3 is 19.7 Å². The molecule has 1 aliphatic rings. The van der Waals surface area contributed by atoms with Gasteiger partial charge in [0, 0.05) is 6.07 Å². The predicted octanol–water partition coefficient (Wildman–Crippen LogP) is 1.58. The average Bonchev–Trinajstić information content (AvgIpc) is 2.52. The molecular weight excluding hydrogens is 256 g/mol. The Labute approximate surface area is 87.0 Å². The summed E-state index contributed by atoms with van der Waals surface area (Å²) in [5.74, 6) is -1.24. The van der Waals surface area contributed by atoms with Crippen LogP contribution in [0.3, 0.4) is 0 Å². The molecule has 1 aromatic rings. The summed E-state index contributed by atoms with van der Waals surface area (Å²) in [5, 5.41) is 18.3. The van der Waals surface area contributed by atoms with Gasteiger partial charge in [0.1, 0.15) is 11.3 Å². The molecule has 0 atom stereocenters. The molecule has 0 unspecified atom stereocenters. The smallest absolute Gasteiger partial charge is 0.343 e. The number of carbonyl (C=O) groups is 1. The normalized spacial score (nSPS) is 12.9. The number of carboxylic acids is 1. The van der Waals surface area contributed by atoms with Gasteiger partial charge in [-0.3, -0.25) is 0 Å². The van der Waals surface area contributed by atoms with E-state index < -0.39 is 5.97 Å². The molecular formula is C8H5BrO5. The fourth-order valence-corrected chi connectivity index (χ4v) is 1.61. The van der Waals surface area contributed by atoms with Gasteiger partial charge in [-0.25, -0.2) is 4.79 Å². The van der Waals surface area contributed by atoms with Crippen molar-refractivity contribution in [1.29, 1.82) is 0 Å². The largest absolute Gasteiger partial charge is 0.506 e. The van der Waals surface area contributed by atoms with Gasteiger partial charge >= 0.3 is 5.97 Å². The Morgan fingerprint density at radius 3 is 2.86 bits per heavy atom. The summed E-state index contributed by atoms with van der Waals surface area (Å²) < 4.78 is 10.2. The lowest BCUT2D eigenvalue weighted by Gasteiger charge is -2.05. The van der Waals surface area contributed by atoms with Crippen molar-refractivity contribution < 1.29 is 24.5 Å². The van der Waals surface area contributed by atoms with Crippen LogP contribution in [-0.2, 0) is 0 Å². The molecule has 2 N–H and O–H groups in total. The molecule has 0 spiro atoms. The monoisotopic (exact) mass is 260 g/mol. The lowest BCUT2D eigenvalue weighted by atomic mass is 10.1. The van der Waals surface area contributed by atoms with Crippen LogP contribution in [0.5, 0.6) is 17.2 Å². The molecule has 14 heavy (non-hydrogen) atoms. The number of rotatable bonds is 1. The minimum atomic E-state index is -1.26. The van der Waals surface area contributed by atoms with E-state index in [1.807, 2.05) is 0 Å². The van der Waals surface area contributed by atoms with Crippen molar-refractivity contribution in [3.05, 3.63) is 16.1 Å². The van der Waals surface area contributed by atoms with E-state index in [0.717, 1.165) is 0 Å². The van der Waals surface area contributed by atoms with Crippen LogP contribution in [-0.4, -0.2) is 23.0 Å². The van der Waals surface area contributed by atoms with Gasteiger partial charge in [0.15, 0.2) is 11.5 Å². The number of ether oxygens (including phenoxy) is 2. The maximum Gasteiger partial charge on any atom is 0.343 e. The second kappa shape index (κ2) is 3.06. The van der Waals surface area contributed by atoms with Crippen LogP contribution < -0.4 is 9.47 Å². The second-order valence-electron chi connectivity index (χ2n) is 2.62. The van der Waals surface area contributed by atoms with Gasteiger partial charge in [0.05, 0.1) is 4.47 Å². The van der Waals surface area contributed by atoms with E-state index in [4.69, 9.17) is 14.6 Å². The number of hydrogen-bond acceptors (Lipinski definition) is 4. The summed E-state index contributed by atoms with van der Waals surface area (Å²) >= 11 is 3.02. The Morgan fingerprint density at radius 2 is 2.21 bits per heavy atom. The Balaban J connectivity index is 2.72. The first-order valence-electron chi connectivity index (χ1n) is 3.65. The summed E-state index contributed by atoms with van der Waals surface area (Å²) in [6.45, 7) is -0.0362. The van der Waals surface area contributed by atoms with Crippen LogP contribution in [0, 0.1) is 0 Å². The number of fused-ring (bicyclic) bond motifs is 1. The maximum absolute atomic E-state index is 10.8. The molecule has 2 rings (SSSR count). The minimum Gasteiger partial charge on any atom is -0.506 e. The fraction of sp³-hybridized carbons (Fsp3) is 0.125. The van der Waals surface area contributed by atoms with Gasteiger partial charge in [-0.1, -0.05) is 0 Å². The summed E-state index contributed by atoms with van der Waals surface area (Å²) in [4.78, 5) is 10.8. The number of phenols is 1. The van der Waals surface area contributed by atoms with Gasteiger partial charge in [-0.05, 0) is 15.9 Å². The third-order valence-corrected chi connectivity index (χ3v) is 2.41. The zero-order valence-electron chi connectivity index (χ0n) is 6.78. The van der Waals surface area contributed by atoms with Crippen LogP contribution in [0.15, 0.2) is 10.5 Å². The van der Waals surface area contributed by atoms with Gasteiger partial charge in [0.25, 0.3) is 0 Å². The van der Waals surface area contributed by atoms with Crippen molar-refractivity contribution >= 4 is 21.9 Å². The minimum absolute atomic E-state index is 0.0362. The van der Waals surface area contributed by atoms with Crippen molar-refractivity contribution in [2.75, 3.05) is 6.79 Å². The summed E-state index contributed by atoms with van der Waals surface area (Å²) in [5.41, 5.74) is -0.285. The quantitative estimate of drug-likeness (QED) is 0.802. The fourth-order valence-electron chi connectivity index (χ4n) is 1.20. The molecule has 0 aromatic heterocycles. The first-order valence-corrected chi connectivity index (χ1v) is 4.45. The molecule has 1 heterocycles. The van der Waals surface area contributed by atoms with Crippen LogP contribution >= 0.6 is 15.9 Å². The van der Waals surface area contributed by atoms with Crippen LogP contribution in [0.4, 0.5) is 0 Å². The SMILES string of the molecule is O=C(O)c1c(O)c(Br)cc2c1OCO2. The van der Waals surface area contributed by atoms with Gasteiger partial charge in [-0.2, -0.15) is 0 Å². The lowest BCUT2D eigenvalue weighted by molar-refractivity contribution is 0.0688. The van der Waals surface area contributed by atoms with Gasteiger partial charge in [0.2, 0.25) is 6.79 Å².